The number of rotatable bonds is 11. The number of hydrogen-bond acceptors (Lipinski definition) is 8. The highest BCUT2D eigenvalue weighted by Gasteiger charge is 2.35. The molecule has 8 nitrogen and oxygen atoms in total. The van der Waals surface area contributed by atoms with Crippen molar-refractivity contribution in [1.29, 1.82) is 0 Å². The Morgan fingerprint density at radius 1 is 1.24 bits per heavy atom. The van der Waals surface area contributed by atoms with Crippen molar-refractivity contribution < 1.29 is 19.0 Å². The number of anilines is 1. The minimum absolute atomic E-state index is 0.0908. The van der Waals surface area contributed by atoms with Gasteiger partial charge < -0.3 is 19.5 Å². The van der Waals surface area contributed by atoms with Crippen LogP contribution < -0.4 is 14.8 Å². The van der Waals surface area contributed by atoms with Crippen molar-refractivity contribution in [3.8, 4) is 11.5 Å². The lowest BCUT2D eigenvalue weighted by Gasteiger charge is -2.28. The van der Waals surface area contributed by atoms with Gasteiger partial charge in [0.15, 0.2) is 11.5 Å². The summed E-state index contributed by atoms with van der Waals surface area (Å²) in [5, 5.41) is 9.61. The zero-order chi connectivity index (χ0) is 27.2. The van der Waals surface area contributed by atoms with Crippen LogP contribution in [0, 0.1) is 0 Å². The first-order valence-corrected chi connectivity index (χ1v) is 13.7. The van der Waals surface area contributed by atoms with Gasteiger partial charge in [0.25, 0.3) is 0 Å². The molecule has 3 aromatic rings. The lowest BCUT2D eigenvalue weighted by Crippen LogP contribution is -2.29. The Bertz CT molecular complexity index is 1380. The van der Waals surface area contributed by atoms with Gasteiger partial charge in [-0.05, 0) is 43.2 Å². The van der Waals surface area contributed by atoms with Crippen molar-refractivity contribution in [2.24, 2.45) is 0 Å². The van der Waals surface area contributed by atoms with Crippen LogP contribution in [0.15, 0.2) is 65.5 Å². The van der Waals surface area contributed by atoms with Gasteiger partial charge in [-0.25, -0.2) is 9.48 Å². The van der Waals surface area contributed by atoms with Crippen LogP contribution in [0.4, 0.5) is 5.95 Å². The van der Waals surface area contributed by atoms with Gasteiger partial charge >= 0.3 is 5.97 Å². The number of aromatic nitrogens is 3. The van der Waals surface area contributed by atoms with Crippen molar-refractivity contribution >= 4 is 46.9 Å². The standard InChI is InChI=1S/C27H28Cl2N4O4S/c1-5-11-36-25(34)23-16(3)30-26-31-27(38-12-6-2)32-33(26)24(23)17-8-10-21(22(13-17)35-4)37-15-18-7-9-19(28)14-20(18)29/h5,7-10,13-14,24H,1,6,11-12,15H2,2-4H3,(H,30,31,32). The smallest absolute Gasteiger partial charge is 0.338 e. The monoisotopic (exact) mass is 574 g/mol. The largest absolute Gasteiger partial charge is 0.493 e. The molecule has 0 spiro atoms. The molecular weight excluding hydrogens is 547 g/mol. The summed E-state index contributed by atoms with van der Waals surface area (Å²) in [6.45, 7) is 7.87. The second kappa shape index (κ2) is 12.6. The molecule has 1 aromatic heterocycles. The molecule has 4 rings (SSSR count). The van der Waals surface area contributed by atoms with Gasteiger partial charge in [0.05, 0.1) is 12.7 Å². The predicted molar refractivity (Wildman–Crippen MR) is 150 cm³/mol. The zero-order valence-corrected chi connectivity index (χ0v) is 23.6. The van der Waals surface area contributed by atoms with Crippen molar-refractivity contribution in [1.82, 2.24) is 14.8 Å². The highest BCUT2D eigenvalue weighted by atomic mass is 35.5. The maximum Gasteiger partial charge on any atom is 0.338 e. The summed E-state index contributed by atoms with van der Waals surface area (Å²) in [6.07, 6.45) is 2.52. The van der Waals surface area contributed by atoms with Gasteiger partial charge in [-0.3, -0.25) is 0 Å². The van der Waals surface area contributed by atoms with Crippen LogP contribution in [-0.2, 0) is 16.1 Å². The number of fused-ring (bicyclic) bond motifs is 1. The van der Waals surface area contributed by atoms with Crippen LogP contribution in [-0.4, -0.2) is 40.2 Å². The van der Waals surface area contributed by atoms with E-state index in [0.717, 1.165) is 23.3 Å². The summed E-state index contributed by atoms with van der Waals surface area (Å²) in [4.78, 5) is 17.8. The van der Waals surface area contributed by atoms with Crippen LogP contribution in [0.5, 0.6) is 11.5 Å². The molecule has 0 radical (unpaired) electrons. The molecular formula is C27H28Cl2N4O4S. The van der Waals surface area contributed by atoms with E-state index in [1.54, 1.807) is 41.8 Å². The number of nitrogens with zero attached hydrogens (tertiary/aromatic N) is 3. The van der Waals surface area contributed by atoms with Crippen LogP contribution in [0.25, 0.3) is 0 Å². The molecule has 0 amide bonds. The van der Waals surface area contributed by atoms with E-state index in [1.807, 2.05) is 25.1 Å². The van der Waals surface area contributed by atoms with Crippen LogP contribution >= 0.6 is 35.0 Å². The van der Waals surface area contributed by atoms with E-state index in [-0.39, 0.29) is 13.2 Å². The molecule has 2 aromatic carbocycles. The fourth-order valence-electron chi connectivity index (χ4n) is 3.94. The van der Waals surface area contributed by atoms with Crippen LogP contribution in [0.1, 0.15) is 37.4 Å². The lowest BCUT2D eigenvalue weighted by atomic mass is 9.95. The van der Waals surface area contributed by atoms with Gasteiger partial charge in [0.2, 0.25) is 11.1 Å². The number of halogens is 2. The topological polar surface area (TPSA) is 87.5 Å². The number of allylic oxidation sites excluding steroid dienone is 1. The Kier molecular flexibility index (Phi) is 9.25. The second-order valence-corrected chi connectivity index (χ2v) is 10.3. The molecule has 1 N–H and O–H groups in total. The summed E-state index contributed by atoms with van der Waals surface area (Å²) >= 11 is 13.9. The molecule has 0 saturated heterocycles. The number of hydrogen-bond donors (Lipinski definition) is 1. The summed E-state index contributed by atoms with van der Waals surface area (Å²) in [7, 11) is 1.56. The summed E-state index contributed by atoms with van der Waals surface area (Å²) in [6, 6.07) is 10.1. The van der Waals surface area contributed by atoms with Crippen molar-refractivity contribution in [3.63, 3.8) is 0 Å². The van der Waals surface area contributed by atoms with Crippen molar-refractivity contribution in [3.05, 3.63) is 81.5 Å². The van der Waals surface area contributed by atoms with E-state index in [2.05, 4.69) is 23.8 Å². The molecule has 1 unspecified atom stereocenters. The van der Waals surface area contributed by atoms with Gasteiger partial charge in [-0.15, -0.1) is 5.10 Å². The fraction of sp³-hybridized carbons (Fsp3) is 0.296. The Labute approximate surface area is 236 Å². The molecule has 0 aliphatic carbocycles. The number of esters is 1. The maximum absolute atomic E-state index is 13.2. The number of carbonyl (C=O) groups is 1. The van der Waals surface area contributed by atoms with Gasteiger partial charge in [0, 0.05) is 27.1 Å². The van der Waals surface area contributed by atoms with Gasteiger partial charge in [-0.1, -0.05) is 66.7 Å². The number of thioether (sulfide) groups is 1. The highest BCUT2D eigenvalue weighted by molar-refractivity contribution is 7.99. The SMILES string of the molecule is C=CCOC(=O)C1=C(C)Nc2nc(SCCC)nn2C1c1ccc(OCc2ccc(Cl)cc2Cl)c(OC)c1. The lowest BCUT2D eigenvalue weighted by molar-refractivity contribution is -0.138. The molecule has 11 heteroatoms. The molecule has 200 valence electrons. The van der Waals surface area contributed by atoms with E-state index in [1.165, 1.54) is 6.08 Å². The zero-order valence-electron chi connectivity index (χ0n) is 21.3. The molecule has 1 atom stereocenters. The Morgan fingerprint density at radius 2 is 2.05 bits per heavy atom. The van der Waals surface area contributed by atoms with Crippen LogP contribution in [0.3, 0.4) is 0 Å². The molecule has 1 aliphatic rings. The van der Waals surface area contributed by atoms with Crippen molar-refractivity contribution in [2.75, 3.05) is 24.8 Å². The number of nitrogens with one attached hydrogen (secondary N) is 1. The first kappa shape index (κ1) is 27.9. The molecule has 1 aliphatic heterocycles. The quantitative estimate of drug-likeness (QED) is 0.154. The molecule has 0 bridgehead atoms. The highest BCUT2D eigenvalue weighted by Crippen LogP contribution is 2.40. The summed E-state index contributed by atoms with van der Waals surface area (Å²) < 4.78 is 18.8. The molecule has 2 heterocycles. The second-order valence-electron chi connectivity index (χ2n) is 8.40. The van der Waals surface area contributed by atoms with E-state index in [0.29, 0.717) is 43.9 Å². The minimum Gasteiger partial charge on any atom is -0.493 e. The normalized spacial score (nSPS) is 14.5. The predicted octanol–water partition coefficient (Wildman–Crippen LogP) is 6.69. The van der Waals surface area contributed by atoms with E-state index in [4.69, 9.17) is 42.5 Å². The maximum atomic E-state index is 13.2. The first-order valence-electron chi connectivity index (χ1n) is 12.0. The Hall–Kier alpha value is -3.14. The molecule has 0 fully saturated rings. The average Bonchev–Trinajstić information content (AvgIpc) is 3.31. The van der Waals surface area contributed by atoms with Crippen molar-refractivity contribution in [2.45, 2.75) is 38.1 Å². The fourth-order valence-corrected chi connectivity index (χ4v) is 5.09. The number of benzene rings is 2. The van der Waals surface area contributed by atoms with E-state index >= 15 is 0 Å². The van der Waals surface area contributed by atoms with E-state index < -0.39 is 12.0 Å². The minimum atomic E-state index is -0.597. The molecule has 0 saturated carbocycles. The Balaban J connectivity index is 1.70. The summed E-state index contributed by atoms with van der Waals surface area (Å²) in [5.41, 5.74) is 2.59. The van der Waals surface area contributed by atoms with Gasteiger partial charge in [0.1, 0.15) is 19.3 Å². The van der Waals surface area contributed by atoms with E-state index in [9.17, 15) is 4.79 Å². The van der Waals surface area contributed by atoms with Crippen LogP contribution in [0.2, 0.25) is 10.0 Å². The Morgan fingerprint density at radius 3 is 2.76 bits per heavy atom. The average molecular weight is 576 g/mol. The number of carbonyl (C=O) groups excluding carboxylic acids is 1. The first-order chi connectivity index (χ1) is 18.4. The van der Waals surface area contributed by atoms with Gasteiger partial charge in [-0.2, -0.15) is 4.98 Å². The third kappa shape index (κ3) is 6.11. The number of ether oxygens (including phenoxy) is 3. The molecule has 38 heavy (non-hydrogen) atoms. The third-order valence-corrected chi connectivity index (χ3v) is 7.35. The number of methoxy groups -OCH3 is 1. The summed E-state index contributed by atoms with van der Waals surface area (Å²) in [5.74, 6) is 1.96. The third-order valence-electron chi connectivity index (χ3n) is 5.72.